The van der Waals surface area contributed by atoms with Crippen LogP contribution in [0.25, 0.3) is 11.1 Å². The van der Waals surface area contributed by atoms with Gasteiger partial charge in [-0.25, -0.2) is 13.8 Å². The van der Waals surface area contributed by atoms with Crippen LogP contribution in [0.3, 0.4) is 0 Å². The second-order valence-corrected chi connectivity index (χ2v) is 6.18. The lowest BCUT2D eigenvalue weighted by molar-refractivity contribution is 0.112. The minimum atomic E-state index is -0.928. The van der Waals surface area contributed by atoms with Crippen molar-refractivity contribution in [1.29, 1.82) is 0 Å². The summed E-state index contributed by atoms with van der Waals surface area (Å²) in [7, 11) is 0. The quantitative estimate of drug-likeness (QED) is 0.872. The van der Waals surface area contributed by atoms with Gasteiger partial charge in [-0.05, 0) is 32.4 Å². The minimum absolute atomic E-state index is 0.0641. The topological polar surface area (TPSA) is 59.2 Å². The summed E-state index contributed by atoms with van der Waals surface area (Å²) in [5.74, 6) is -1.71. The smallest absolute Gasteiger partial charge is 0.167 e. The molecule has 3 rings (SSSR count). The second kappa shape index (κ2) is 6.65. The molecule has 0 spiro atoms. The van der Waals surface area contributed by atoms with E-state index in [1.54, 1.807) is 6.07 Å². The maximum Gasteiger partial charge on any atom is 0.167 e. The number of likely N-dealkylation sites (tertiary alicyclic amines) is 1. The van der Waals surface area contributed by atoms with Gasteiger partial charge in [0.25, 0.3) is 0 Å². The summed E-state index contributed by atoms with van der Waals surface area (Å²) in [6, 6.07) is 4.91. The second-order valence-electron chi connectivity index (χ2n) is 6.18. The van der Waals surface area contributed by atoms with Crippen molar-refractivity contribution in [2.24, 2.45) is 0 Å². The predicted molar refractivity (Wildman–Crippen MR) is 88.5 cm³/mol. The van der Waals surface area contributed by atoms with Crippen molar-refractivity contribution in [3.8, 4) is 11.1 Å². The van der Waals surface area contributed by atoms with E-state index in [-0.39, 0.29) is 16.9 Å². The van der Waals surface area contributed by atoms with E-state index in [1.165, 1.54) is 18.3 Å². The highest BCUT2D eigenvalue weighted by Gasteiger charge is 2.23. The van der Waals surface area contributed by atoms with Crippen LogP contribution in [0, 0.1) is 11.6 Å². The SMILES string of the molecule is CC1CCCN1Cc1ccc(-c2cnc(N)c(C=O)c2)c(F)c1F. The number of aldehydes is 1. The molecule has 0 bridgehead atoms. The first kappa shape index (κ1) is 16.5. The minimum Gasteiger partial charge on any atom is -0.383 e. The molecule has 2 aromatic rings. The van der Waals surface area contributed by atoms with E-state index in [2.05, 4.69) is 16.8 Å². The molecule has 1 aliphatic rings. The molecule has 1 aromatic carbocycles. The third kappa shape index (κ3) is 3.01. The van der Waals surface area contributed by atoms with Gasteiger partial charge in [-0.1, -0.05) is 12.1 Å². The summed E-state index contributed by atoms with van der Waals surface area (Å²) in [4.78, 5) is 17.0. The molecule has 0 radical (unpaired) electrons. The molecule has 2 N–H and O–H groups in total. The van der Waals surface area contributed by atoms with Crippen LogP contribution in [0.15, 0.2) is 24.4 Å². The Morgan fingerprint density at radius 3 is 2.83 bits per heavy atom. The Labute approximate surface area is 139 Å². The van der Waals surface area contributed by atoms with Gasteiger partial charge in [-0.15, -0.1) is 0 Å². The first-order chi connectivity index (χ1) is 11.5. The summed E-state index contributed by atoms with van der Waals surface area (Å²) < 4.78 is 29.0. The van der Waals surface area contributed by atoms with E-state index < -0.39 is 11.6 Å². The molecule has 1 aliphatic heterocycles. The number of anilines is 1. The monoisotopic (exact) mass is 331 g/mol. The van der Waals surface area contributed by atoms with Gasteiger partial charge in [-0.2, -0.15) is 0 Å². The van der Waals surface area contributed by atoms with E-state index in [0.717, 1.165) is 19.4 Å². The zero-order valence-electron chi connectivity index (χ0n) is 13.4. The summed E-state index contributed by atoms with van der Waals surface area (Å²) >= 11 is 0. The van der Waals surface area contributed by atoms with Crippen LogP contribution in [-0.2, 0) is 6.54 Å². The molecule has 1 atom stereocenters. The lowest BCUT2D eigenvalue weighted by atomic mass is 10.0. The maximum atomic E-state index is 14.5. The lowest BCUT2D eigenvalue weighted by Gasteiger charge is -2.21. The molecule has 1 aromatic heterocycles. The van der Waals surface area contributed by atoms with Gasteiger partial charge in [0.2, 0.25) is 0 Å². The maximum absolute atomic E-state index is 14.5. The van der Waals surface area contributed by atoms with Crippen LogP contribution in [0.2, 0.25) is 0 Å². The molecular formula is C18H19F2N3O. The van der Waals surface area contributed by atoms with E-state index in [4.69, 9.17) is 5.73 Å². The Bertz CT molecular complexity index is 779. The highest BCUT2D eigenvalue weighted by atomic mass is 19.2. The van der Waals surface area contributed by atoms with Gasteiger partial charge < -0.3 is 5.73 Å². The van der Waals surface area contributed by atoms with Gasteiger partial charge in [0.05, 0.1) is 5.56 Å². The van der Waals surface area contributed by atoms with Crippen molar-refractivity contribution in [1.82, 2.24) is 9.88 Å². The molecule has 4 nitrogen and oxygen atoms in total. The molecule has 1 saturated heterocycles. The largest absolute Gasteiger partial charge is 0.383 e. The van der Waals surface area contributed by atoms with Gasteiger partial charge >= 0.3 is 0 Å². The van der Waals surface area contributed by atoms with Crippen molar-refractivity contribution in [3.63, 3.8) is 0 Å². The van der Waals surface area contributed by atoms with Crippen LogP contribution in [0.5, 0.6) is 0 Å². The Morgan fingerprint density at radius 1 is 1.38 bits per heavy atom. The van der Waals surface area contributed by atoms with E-state index in [0.29, 0.717) is 30.0 Å². The number of carbonyl (C=O) groups is 1. The van der Waals surface area contributed by atoms with E-state index in [9.17, 15) is 13.6 Å². The van der Waals surface area contributed by atoms with Crippen LogP contribution < -0.4 is 5.73 Å². The van der Waals surface area contributed by atoms with Crippen molar-refractivity contribution in [2.75, 3.05) is 12.3 Å². The molecule has 1 fully saturated rings. The summed E-state index contributed by atoms with van der Waals surface area (Å²) in [5.41, 5.74) is 6.44. The van der Waals surface area contributed by atoms with Gasteiger partial charge in [0.1, 0.15) is 5.82 Å². The van der Waals surface area contributed by atoms with Crippen LogP contribution in [0.1, 0.15) is 35.7 Å². The summed E-state index contributed by atoms with van der Waals surface area (Å²) in [5, 5.41) is 0. The highest BCUT2D eigenvalue weighted by Crippen LogP contribution is 2.29. The third-order valence-corrected chi connectivity index (χ3v) is 4.61. The molecule has 6 heteroatoms. The number of hydrogen-bond donors (Lipinski definition) is 1. The first-order valence-corrected chi connectivity index (χ1v) is 7.93. The molecule has 24 heavy (non-hydrogen) atoms. The zero-order valence-corrected chi connectivity index (χ0v) is 13.4. The van der Waals surface area contributed by atoms with Crippen LogP contribution >= 0.6 is 0 Å². The predicted octanol–water partition coefficient (Wildman–Crippen LogP) is 3.41. The average Bonchev–Trinajstić information content (AvgIpc) is 2.98. The van der Waals surface area contributed by atoms with Crippen molar-refractivity contribution >= 4 is 12.1 Å². The van der Waals surface area contributed by atoms with Gasteiger partial charge in [0.15, 0.2) is 17.9 Å². The van der Waals surface area contributed by atoms with Crippen molar-refractivity contribution in [3.05, 3.63) is 47.2 Å². The fraction of sp³-hybridized carbons (Fsp3) is 0.333. The molecule has 1 unspecified atom stereocenters. The Balaban J connectivity index is 1.94. The molecular weight excluding hydrogens is 312 g/mol. The number of nitrogen functional groups attached to an aromatic ring is 1. The Morgan fingerprint density at radius 2 is 2.17 bits per heavy atom. The van der Waals surface area contributed by atoms with Crippen LogP contribution in [-0.4, -0.2) is 28.8 Å². The van der Waals surface area contributed by atoms with Crippen molar-refractivity contribution in [2.45, 2.75) is 32.4 Å². The standard InChI is InChI=1S/C18H19F2N3O/c1-11-3-2-6-23(11)9-12-4-5-15(17(20)16(12)19)13-7-14(10-24)18(21)22-8-13/h4-5,7-8,10-11H,2-3,6,9H2,1H3,(H2,21,22). The number of halogens is 2. The van der Waals surface area contributed by atoms with Crippen LogP contribution in [0.4, 0.5) is 14.6 Å². The summed E-state index contributed by atoms with van der Waals surface area (Å²) in [6.45, 7) is 3.38. The average molecular weight is 331 g/mol. The Kier molecular flexibility index (Phi) is 4.57. The molecule has 0 aliphatic carbocycles. The van der Waals surface area contributed by atoms with Gasteiger partial charge in [0, 0.05) is 35.5 Å². The third-order valence-electron chi connectivity index (χ3n) is 4.61. The lowest BCUT2D eigenvalue weighted by Crippen LogP contribution is -2.26. The Hall–Kier alpha value is -2.34. The molecule has 0 amide bonds. The van der Waals surface area contributed by atoms with Gasteiger partial charge in [-0.3, -0.25) is 9.69 Å². The zero-order chi connectivity index (χ0) is 17.3. The number of aromatic nitrogens is 1. The fourth-order valence-electron chi connectivity index (χ4n) is 3.12. The molecule has 2 heterocycles. The fourth-order valence-corrected chi connectivity index (χ4v) is 3.12. The number of pyridine rings is 1. The van der Waals surface area contributed by atoms with E-state index in [1.807, 2.05) is 0 Å². The number of carbonyl (C=O) groups excluding carboxylic acids is 1. The normalized spacial score (nSPS) is 18.0. The van der Waals surface area contributed by atoms with E-state index >= 15 is 0 Å². The first-order valence-electron chi connectivity index (χ1n) is 7.93. The molecule has 0 saturated carbocycles. The van der Waals surface area contributed by atoms with Crippen molar-refractivity contribution < 1.29 is 13.6 Å². The number of nitrogens with zero attached hydrogens (tertiary/aromatic N) is 2. The highest BCUT2D eigenvalue weighted by molar-refractivity contribution is 5.84. The number of rotatable bonds is 4. The molecule has 126 valence electrons. The number of nitrogens with two attached hydrogens (primary N) is 1. The number of benzene rings is 1. The summed E-state index contributed by atoms with van der Waals surface area (Å²) in [6.07, 6.45) is 4.04. The number of hydrogen-bond acceptors (Lipinski definition) is 4.